The highest BCUT2D eigenvalue weighted by Crippen LogP contribution is 2.22. The van der Waals surface area contributed by atoms with E-state index in [2.05, 4.69) is 16.4 Å². The van der Waals surface area contributed by atoms with Gasteiger partial charge in [0.05, 0.1) is 15.2 Å². The lowest BCUT2D eigenvalue weighted by Gasteiger charge is -2.19. The van der Waals surface area contributed by atoms with Gasteiger partial charge in [-0.15, -0.1) is 36.2 Å². The number of fused-ring (bicyclic) bond motifs is 1. The van der Waals surface area contributed by atoms with Crippen molar-refractivity contribution in [1.82, 2.24) is 10.3 Å². The van der Waals surface area contributed by atoms with Crippen molar-refractivity contribution in [2.75, 3.05) is 0 Å². The Morgan fingerprint density at radius 1 is 1.27 bits per heavy atom. The van der Waals surface area contributed by atoms with Crippen molar-refractivity contribution in [2.45, 2.75) is 39.3 Å². The van der Waals surface area contributed by atoms with Crippen molar-refractivity contribution in [3.63, 3.8) is 0 Å². The fraction of sp³-hybridized carbons (Fsp3) is 0.467. The Morgan fingerprint density at radius 3 is 2.50 bits per heavy atom. The molecular formula is C15H23Cl2N3OS. The van der Waals surface area contributed by atoms with Crippen LogP contribution in [0.5, 0.6) is 0 Å². The van der Waals surface area contributed by atoms with E-state index >= 15 is 0 Å². The van der Waals surface area contributed by atoms with Crippen LogP contribution in [0.3, 0.4) is 0 Å². The molecule has 3 N–H and O–H groups in total. The first-order chi connectivity index (χ1) is 9.47. The van der Waals surface area contributed by atoms with Crippen LogP contribution in [0, 0.1) is 5.92 Å². The quantitative estimate of drug-likeness (QED) is 0.856. The minimum Gasteiger partial charge on any atom is -0.353 e. The minimum absolute atomic E-state index is 0. The normalized spacial score (nSPS) is 14.4. The number of carbonyl (C=O) groups excluding carboxylic acids is 1. The van der Waals surface area contributed by atoms with E-state index in [0.717, 1.165) is 16.9 Å². The van der Waals surface area contributed by atoms with Crippen molar-refractivity contribution in [1.29, 1.82) is 0 Å². The van der Waals surface area contributed by atoms with E-state index in [1.165, 1.54) is 4.70 Å². The number of nitrogens with two attached hydrogens (primary N) is 1. The van der Waals surface area contributed by atoms with Gasteiger partial charge in [0.1, 0.15) is 0 Å². The second kappa shape index (κ2) is 9.30. The van der Waals surface area contributed by atoms with Crippen LogP contribution in [0.1, 0.15) is 25.8 Å². The van der Waals surface area contributed by atoms with E-state index in [4.69, 9.17) is 5.73 Å². The second-order valence-corrected chi connectivity index (χ2v) is 6.45. The van der Waals surface area contributed by atoms with Crippen molar-refractivity contribution in [2.24, 2.45) is 11.7 Å². The fourth-order valence-corrected chi connectivity index (χ4v) is 3.03. The first kappa shape index (κ1) is 21.1. The van der Waals surface area contributed by atoms with Gasteiger partial charge in [0.25, 0.3) is 0 Å². The highest BCUT2D eigenvalue weighted by Gasteiger charge is 2.19. The lowest BCUT2D eigenvalue weighted by molar-refractivity contribution is -0.125. The molecule has 2 aromatic rings. The molecule has 0 radical (unpaired) electrons. The first-order valence-corrected chi connectivity index (χ1v) is 7.69. The molecule has 0 aliphatic heterocycles. The molecule has 7 heteroatoms. The van der Waals surface area contributed by atoms with Gasteiger partial charge in [-0.2, -0.15) is 0 Å². The predicted molar refractivity (Wildman–Crippen MR) is 98.2 cm³/mol. The maximum atomic E-state index is 11.9. The van der Waals surface area contributed by atoms with E-state index in [1.54, 1.807) is 11.3 Å². The maximum absolute atomic E-state index is 11.9. The third-order valence-electron chi connectivity index (χ3n) is 3.41. The van der Waals surface area contributed by atoms with E-state index < -0.39 is 0 Å². The topological polar surface area (TPSA) is 68.0 Å². The smallest absolute Gasteiger partial charge is 0.224 e. The molecule has 4 nitrogen and oxygen atoms in total. The molecule has 22 heavy (non-hydrogen) atoms. The number of halogens is 2. The third-order valence-corrected chi connectivity index (χ3v) is 4.47. The molecular weight excluding hydrogens is 341 g/mol. The number of para-hydroxylation sites is 1. The largest absolute Gasteiger partial charge is 0.353 e. The number of nitrogens with one attached hydrogen (secondary N) is 1. The summed E-state index contributed by atoms with van der Waals surface area (Å²) < 4.78 is 1.19. The van der Waals surface area contributed by atoms with Crippen molar-refractivity contribution in [3.05, 3.63) is 29.3 Å². The number of benzene rings is 1. The summed E-state index contributed by atoms with van der Waals surface area (Å²) in [6.07, 6.45) is 0.747. The Kier molecular flexibility index (Phi) is 8.93. The van der Waals surface area contributed by atoms with E-state index in [0.29, 0.717) is 0 Å². The maximum Gasteiger partial charge on any atom is 0.224 e. The average Bonchev–Trinajstić information content (AvgIpc) is 2.79. The molecule has 3 unspecified atom stereocenters. The summed E-state index contributed by atoms with van der Waals surface area (Å²) >= 11 is 1.68. The van der Waals surface area contributed by atoms with Crippen LogP contribution in [0.4, 0.5) is 0 Å². The number of nitrogens with zero attached hydrogens (tertiary/aromatic N) is 1. The Morgan fingerprint density at radius 2 is 1.91 bits per heavy atom. The van der Waals surface area contributed by atoms with Crippen molar-refractivity contribution < 1.29 is 4.79 Å². The van der Waals surface area contributed by atoms with Crippen LogP contribution in [-0.2, 0) is 11.2 Å². The number of thiazole rings is 1. The van der Waals surface area contributed by atoms with Crippen LogP contribution in [0.2, 0.25) is 0 Å². The molecule has 0 saturated heterocycles. The summed E-state index contributed by atoms with van der Waals surface area (Å²) in [7, 11) is 0. The zero-order chi connectivity index (χ0) is 14.7. The van der Waals surface area contributed by atoms with Gasteiger partial charge in [-0.3, -0.25) is 4.79 Å². The summed E-state index contributed by atoms with van der Waals surface area (Å²) in [4.78, 5) is 16.5. The number of aromatic nitrogens is 1. The van der Waals surface area contributed by atoms with Crippen LogP contribution in [-0.4, -0.2) is 23.0 Å². The zero-order valence-corrected chi connectivity index (χ0v) is 15.4. The lowest BCUT2D eigenvalue weighted by atomic mass is 10.0. The minimum atomic E-state index is -0.173. The monoisotopic (exact) mass is 363 g/mol. The molecule has 0 aliphatic rings. The molecule has 1 heterocycles. The predicted octanol–water partition coefficient (Wildman–Crippen LogP) is 3.17. The molecule has 3 atom stereocenters. The highest BCUT2D eigenvalue weighted by molar-refractivity contribution is 7.18. The van der Waals surface area contributed by atoms with E-state index in [9.17, 15) is 4.79 Å². The summed E-state index contributed by atoms with van der Waals surface area (Å²) in [6.45, 7) is 5.70. The van der Waals surface area contributed by atoms with Gasteiger partial charge in [0, 0.05) is 24.4 Å². The third kappa shape index (κ3) is 5.39. The Hall–Kier alpha value is -0.880. The molecule has 1 aromatic heterocycles. The van der Waals surface area contributed by atoms with Gasteiger partial charge in [-0.05, 0) is 26.0 Å². The second-order valence-electron chi connectivity index (χ2n) is 5.34. The van der Waals surface area contributed by atoms with E-state index in [1.807, 2.05) is 39.0 Å². The highest BCUT2D eigenvalue weighted by atomic mass is 35.5. The van der Waals surface area contributed by atoms with Crippen LogP contribution in [0.15, 0.2) is 24.3 Å². The van der Waals surface area contributed by atoms with Gasteiger partial charge in [-0.1, -0.05) is 19.1 Å². The summed E-state index contributed by atoms with van der Waals surface area (Å²) in [5, 5.41) is 4.05. The molecule has 0 bridgehead atoms. The van der Waals surface area contributed by atoms with Crippen LogP contribution >= 0.6 is 36.2 Å². The fourth-order valence-electron chi connectivity index (χ4n) is 1.93. The van der Waals surface area contributed by atoms with Gasteiger partial charge in [0.2, 0.25) is 5.91 Å². The molecule has 1 aromatic carbocycles. The van der Waals surface area contributed by atoms with Gasteiger partial charge < -0.3 is 11.1 Å². The van der Waals surface area contributed by atoms with E-state index in [-0.39, 0.29) is 48.7 Å². The van der Waals surface area contributed by atoms with Gasteiger partial charge in [-0.25, -0.2) is 4.98 Å². The molecule has 1 amide bonds. The molecule has 124 valence electrons. The SMILES string of the molecule is CC(Cc1nc2ccccc2s1)NC(=O)C(C)C(C)N.Cl.Cl. The number of hydrogen-bond donors (Lipinski definition) is 2. The molecule has 0 aliphatic carbocycles. The van der Waals surface area contributed by atoms with Crippen molar-refractivity contribution in [3.8, 4) is 0 Å². The van der Waals surface area contributed by atoms with Gasteiger partial charge >= 0.3 is 0 Å². The van der Waals surface area contributed by atoms with Crippen LogP contribution in [0.25, 0.3) is 10.2 Å². The Balaban J connectivity index is 0.00000220. The zero-order valence-electron chi connectivity index (χ0n) is 12.9. The Labute approximate surface area is 147 Å². The number of rotatable bonds is 5. The summed E-state index contributed by atoms with van der Waals surface area (Å²) in [5.41, 5.74) is 6.77. The number of amides is 1. The van der Waals surface area contributed by atoms with Crippen molar-refractivity contribution >= 4 is 52.3 Å². The number of carbonyl (C=O) groups is 1. The molecule has 0 saturated carbocycles. The first-order valence-electron chi connectivity index (χ1n) is 6.87. The Bertz CT molecular complexity index is 570. The summed E-state index contributed by atoms with van der Waals surface area (Å²) in [6, 6.07) is 8.00. The lowest BCUT2D eigenvalue weighted by Crippen LogP contribution is -2.43. The molecule has 0 spiro atoms. The number of hydrogen-bond acceptors (Lipinski definition) is 4. The van der Waals surface area contributed by atoms with Gasteiger partial charge in [0.15, 0.2) is 0 Å². The summed E-state index contributed by atoms with van der Waals surface area (Å²) in [5.74, 6) is -0.165. The van der Waals surface area contributed by atoms with Crippen LogP contribution < -0.4 is 11.1 Å². The molecule has 0 fully saturated rings. The standard InChI is InChI=1S/C15H21N3OS.2ClH/c1-9(17-15(19)10(2)11(3)16)8-14-18-12-6-4-5-7-13(12)20-14;;/h4-7,9-11H,8,16H2,1-3H3,(H,17,19);2*1H. The average molecular weight is 364 g/mol. The molecule has 2 rings (SSSR count).